The van der Waals surface area contributed by atoms with Crippen LogP contribution >= 0.6 is 11.6 Å². The minimum Gasteiger partial charge on any atom is -0.465 e. The van der Waals surface area contributed by atoms with Crippen LogP contribution in [0.1, 0.15) is 26.4 Å². The standard InChI is InChI=1S/C19H16ClN5O3/c1-28-19(27)13-2-3-14(20)16(10-13)23-17-5-4-15(24-25-17)18(26)22-11-12-6-8-21-9-7-12/h2-10H,11H2,1H3,(H,22,26)(H,23,25). The Hall–Kier alpha value is -3.52. The summed E-state index contributed by atoms with van der Waals surface area (Å²) in [5.41, 5.74) is 1.91. The zero-order valence-corrected chi connectivity index (χ0v) is 15.6. The Bertz CT molecular complexity index is 981. The van der Waals surface area contributed by atoms with E-state index in [4.69, 9.17) is 16.3 Å². The van der Waals surface area contributed by atoms with E-state index in [-0.39, 0.29) is 11.6 Å². The second kappa shape index (κ2) is 8.92. The van der Waals surface area contributed by atoms with E-state index >= 15 is 0 Å². The SMILES string of the molecule is COC(=O)c1ccc(Cl)c(Nc2ccc(C(=O)NCc3ccncc3)nn2)c1. The first-order chi connectivity index (χ1) is 13.6. The molecule has 1 amide bonds. The Kier molecular flexibility index (Phi) is 6.13. The average Bonchev–Trinajstić information content (AvgIpc) is 2.74. The second-order valence-corrected chi connectivity index (χ2v) is 6.06. The predicted molar refractivity (Wildman–Crippen MR) is 104 cm³/mol. The zero-order valence-electron chi connectivity index (χ0n) is 14.8. The Morgan fingerprint density at radius 3 is 2.54 bits per heavy atom. The molecule has 2 heterocycles. The molecular formula is C19H16ClN5O3. The maximum atomic E-state index is 12.2. The Labute approximate surface area is 165 Å². The number of nitrogens with zero attached hydrogens (tertiary/aromatic N) is 3. The molecule has 0 aliphatic heterocycles. The number of esters is 1. The van der Waals surface area contributed by atoms with Crippen LogP contribution in [0.25, 0.3) is 0 Å². The van der Waals surface area contributed by atoms with Gasteiger partial charge in [0.1, 0.15) is 0 Å². The summed E-state index contributed by atoms with van der Waals surface area (Å²) < 4.78 is 4.69. The van der Waals surface area contributed by atoms with Crippen LogP contribution in [0, 0.1) is 0 Å². The fraction of sp³-hybridized carbons (Fsp3) is 0.105. The molecule has 0 bridgehead atoms. The molecule has 0 aliphatic rings. The Morgan fingerprint density at radius 2 is 1.86 bits per heavy atom. The molecule has 0 fully saturated rings. The summed E-state index contributed by atoms with van der Waals surface area (Å²) in [6.45, 7) is 0.360. The molecule has 1 aromatic carbocycles. The van der Waals surface area contributed by atoms with Crippen LogP contribution < -0.4 is 10.6 Å². The van der Waals surface area contributed by atoms with E-state index in [0.29, 0.717) is 28.6 Å². The van der Waals surface area contributed by atoms with Crippen molar-refractivity contribution in [3.8, 4) is 0 Å². The lowest BCUT2D eigenvalue weighted by atomic mass is 10.2. The third-order valence-electron chi connectivity index (χ3n) is 3.75. The average molecular weight is 398 g/mol. The molecule has 0 radical (unpaired) electrons. The maximum Gasteiger partial charge on any atom is 0.337 e. The van der Waals surface area contributed by atoms with E-state index in [9.17, 15) is 9.59 Å². The number of benzene rings is 1. The van der Waals surface area contributed by atoms with Crippen molar-refractivity contribution in [2.75, 3.05) is 12.4 Å². The van der Waals surface area contributed by atoms with E-state index in [1.54, 1.807) is 36.7 Å². The molecule has 0 spiro atoms. The molecule has 2 aromatic heterocycles. The molecule has 0 aliphatic carbocycles. The van der Waals surface area contributed by atoms with Crippen molar-refractivity contribution in [1.29, 1.82) is 0 Å². The quantitative estimate of drug-likeness (QED) is 0.616. The highest BCUT2D eigenvalue weighted by Crippen LogP contribution is 2.26. The van der Waals surface area contributed by atoms with Crippen molar-refractivity contribution in [1.82, 2.24) is 20.5 Å². The number of anilines is 2. The molecular weight excluding hydrogens is 382 g/mol. The predicted octanol–water partition coefficient (Wildman–Crippen LogP) is 2.99. The van der Waals surface area contributed by atoms with Gasteiger partial charge in [0.2, 0.25) is 0 Å². The van der Waals surface area contributed by atoms with Gasteiger partial charge in [-0.3, -0.25) is 9.78 Å². The van der Waals surface area contributed by atoms with Crippen LogP contribution in [0.15, 0.2) is 54.9 Å². The van der Waals surface area contributed by atoms with Gasteiger partial charge >= 0.3 is 5.97 Å². The molecule has 3 rings (SSSR count). The van der Waals surface area contributed by atoms with Gasteiger partial charge in [-0.05, 0) is 48.0 Å². The van der Waals surface area contributed by atoms with Crippen LogP contribution in [-0.4, -0.2) is 34.2 Å². The number of rotatable bonds is 6. The van der Waals surface area contributed by atoms with E-state index in [1.165, 1.54) is 13.2 Å². The maximum absolute atomic E-state index is 12.2. The molecule has 28 heavy (non-hydrogen) atoms. The Morgan fingerprint density at radius 1 is 1.07 bits per heavy atom. The summed E-state index contributed by atoms with van der Waals surface area (Å²) in [5, 5.41) is 14.0. The summed E-state index contributed by atoms with van der Waals surface area (Å²) in [6, 6.07) is 11.4. The van der Waals surface area contributed by atoms with Gasteiger partial charge in [0.05, 0.1) is 23.4 Å². The number of halogens is 1. The number of carbonyl (C=O) groups is 2. The first-order valence-electron chi connectivity index (χ1n) is 8.22. The zero-order chi connectivity index (χ0) is 19.9. The monoisotopic (exact) mass is 397 g/mol. The van der Waals surface area contributed by atoms with Crippen molar-refractivity contribution in [3.05, 3.63) is 76.7 Å². The van der Waals surface area contributed by atoms with Gasteiger partial charge in [0.25, 0.3) is 5.91 Å². The molecule has 0 saturated heterocycles. The summed E-state index contributed by atoms with van der Waals surface area (Å²) in [6.07, 6.45) is 3.31. The van der Waals surface area contributed by atoms with Crippen molar-refractivity contribution >= 4 is 35.0 Å². The van der Waals surface area contributed by atoms with Gasteiger partial charge in [-0.2, -0.15) is 0 Å². The minimum absolute atomic E-state index is 0.175. The normalized spacial score (nSPS) is 10.2. The lowest BCUT2D eigenvalue weighted by molar-refractivity contribution is 0.0600. The van der Waals surface area contributed by atoms with Gasteiger partial charge < -0.3 is 15.4 Å². The van der Waals surface area contributed by atoms with Gasteiger partial charge in [-0.15, -0.1) is 10.2 Å². The lowest BCUT2D eigenvalue weighted by Gasteiger charge is -2.09. The molecule has 2 N–H and O–H groups in total. The van der Waals surface area contributed by atoms with Crippen molar-refractivity contribution in [2.24, 2.45) is 0 Å². The molecule has 0 atom stereocenters. The molecule has 142 valence electrons. The summed E-state index contributed by atoms with van der Waals surface area (Å²) in [4.78, 5) is 27.7. The third-order valence-corrected chi connectivity index (χ3v) is 4.08. The molecule has 8 nitrogen and oxygen atoms in total. The highest BCUT2D eigenvalue weighted by atomic mass is 35.5. The number of amides is 1. The van der Waals surface area contributed by atoms with Crippen LogP contribution in [0.5, 0.6) is 0 Å². The number of hydrogen-bond acceptors (Lipinski definition) is 7. The fourth-order valence-electron chi connectivity index (χ4n) is 2.30. The van der Waals surface area contributed by atoms with Gasteiger partial charge in [0.15, 0.2) is 11.5 Å². The summed E-state index contributed by atoms with van der Waals surface area (Å²) >= 11 is 6.14. The van der Waals surface area contributed by atoms with E-state index < -0.39 is 5.97 Å². The number of methoxy groups -OCH3 is 1. The number of hydrogen-bond donors (Lipinski definition) is 2. The van der Waals surface area contributed by atoms with Crippen molar-refractivity contribution in [3.63, 3.8) is 0 Å². The molecule has 0 saturated carbocycles. The van der Waals surface area contributed by atoms with Crippen LogP contribution in [0.3, 0.4) is 0 Å². The third kappa shape index (κ3) is 4.80. The number of carbonyl (C=O) groups excluding carboxylic acids is 2. The lowest BCUT2D eigenvalue weighted by Crippen LogP contribution is -2.24. The number of nitrogens with one attached hydrogen (secondary N) is 2. The number of ether oxygens (including phenoxy) is 1. The highest BCUT2D eigenvalue weighted by Gasteiger charge is 2.11. The fourth-order valence-corrected chi connectivity index (χ4v) is 2.46. The van der Waals surface area contributed by atoms with Crippen LogP contribution in [0.2, 0.25) is 5.02 Å². The van der Waals surface area contributed by atoms with Crippen LogP contribution in [-0.2, 0) is 11.3 Å². The van der Waals surface area contributed by atoms with Gasteiger partial charge in [0, 0.05) is 18.9 Å². The van der Waals surface area contributed by atoms with Crippen molar-refractivity contribution in [2.45, 2.75) is 6.54 Å². The minimum atomic E-state index is -0.480. The van der Waals surface area contributed by atoms with E-state index in [2.05, 4.69) is 25.8 Å². The topological polar surface area (TPSA) is 106 Å². The molecule has 3 aromatic rings. The first kappa shape index (κ1) is 19.2. The van der Waals surface area contributed by atoms with Crippen molar-refractivity contribution < 1.29 is 14.3 Å². The Balaban J connectivity index is 1.66. The largest absolute Gasteiger partial charge is 0.465 e. The van der Waals surface area contributed by atoms with Gasteiger partial charge in [-0.1, -0.05) is 11.6 Å². The molecule has 0 unspecified atom stereocenters. The van der Waals surface area contributed by atoms with E-state index in [1.807, 2.05) is 12.1 Å². The van der Waals surface area contributed by atoms with E-state index in [0.717, 1.165) is 5.56 Å². The van der Waals surface area contributed by atoms with Gasteiger partial charge in [-0.25, -0.2) is 4.79 Å². The van der Waals surface area contributed by atoms with Crippen LogP contribution in [0.4, 0.5) is 11.5 Å². The smallest absolute Gasteiger partial charge is 0.337 e. The second-order valence-electron chi connectivity index (χ2n) is 5.65. The number of aromatic nitrogens is 3. The first-order valence-corrected chi connectivity index (χ1v) is 8.60. The highest BCUT2D eigenvalue weighted by molar-refractivity contribution is 6.33. The number of pyridine rings is 1. The summed E-state index contributed by atoms with van der Waals surface area (Å²) in [5.74, 6) is -0.455. The molecule has 9 heteroatoms. The summed E-state index contributed by atoms with van der Waals surface area (Å²) in [7, 11) is 1.30.